The van der Waals surface area contributed by atoms with Crippen LogP contribution >= 0.6 is 0 Å². The fourth-order valence-corrected chi connectivity index (χ4v) is 3.79. The molecular formula is C20H27N5O2. The van der Waals surface area contributed by atoms with Gasteiger partial charge in [-0.1, -0.05) is 5.16 Å². The molecule has 1 amide bonds. The van der Waals surface area contributed by atoms with Gasteiger partial charge in [-0.2, -0.15) is 4.98 Å². The van der Waals surface area contributed by atoms with Crippen LogP contribution in [0.4, 0.5) is 0 Å². The van der Waals surface area contributed by atoms with Crippen LogP contribution in [0, 0.1) is 12.8 Å². The van der Waals surface area contributed by atoms with Gasteiger partial charge in [0, 0.05) is 57.0 Å². The second kappa shape index (κ2) is 7.76. The maximum absolute atomic E-state index is 10.9. The molecule has 0 spiro atoms. The van der Waals surface area contributed by atoms with Crippen LogP contribution in [0.25, 0.3) is 11.4 Å². The number of fused-ring (bicyclic) bond motifs is 1. The first kappa shape index (κ1) is 18.1. The van der Waals surface area contributed by atoms with E-state index in [9.17, 15) is 4.79 Å². The lowest BCUT2D eigenvalue weighted by molar-refractivity contribution is -0.118. The molecular weight excluding hydrogens is 342 g/mol. The van der Waals surface area contributed by atoms with Crippen LogP contribution in [-0.2, 0) is 24.2 Å². The summed E-state index contributed by atoms with van der Waals surface area (Å²) in [6, 6.07) is 0. The van der Waals surface area contributed by atoms with E-state index in [4.69, 9.17) is 4.52 Å². The van der Waals surface area contributed by atoms with Crippen LogP contribution in [0.1, 0.15) is 48.9 Å². The average Bonchev–Trinajstić information content (AvgIpc) is 3.34. The van der Waals surface area contributed by atoms with Crippen LogP contribution in [0.5, 0.6) is 0 Å². The van der Waals surface area contributed by atoms with Crippen LogP contribution < -0.4 is 5.32 Å². The molecule has 7 nitrogen and oxygen atoms in total. The second-order valence-corrected chi connectivity index (χ2v) is 7.75. The molecule has 2 aromatic heterocycles. The summed E-state index contributed by atoms with van der Waals surface area (Å²) < 4.78 is 5.44. The number of hydrogen-bond acceptors (Lipinski definition) is 6. The molecule has 144 valence electrons. The lowest BCUT2D eigenvalue weighted by Gasteiger charge is -2.29. The van der Waals surface area contributed by atoms with Crippen molar-refractivity contribution in [3.63, 3.8) is 0 Å². The zero-order valence-corrected chi connectivity index (χ0v) is 16.1. The van der Waals surface area contributed by atoms with Gasteiger partial charge in [0.15, 0.2) is 0 Å². The number of nitrogens with one attached hydrogen (secondary N) is 1. The second-order valence-electron chi connectivity index (χ2n) is 7.75. The molecule has 27 heavy (non-hydrogen) atoms. The van der Waals surface area contributed by atoms with Crippen molar-refractivity contribution >= 4 is 5.91 Å². The first-order chi connectivity index (χ1) is 13.1. The summed E-state index contributed by atoms with van der Waals surface area (Å²) in [6.45, 7) is 7.41. The van der Waals surface area contributed by atoms with E-state index in [1.807, 2.05) is 13.1 Å². The highest BCUT2D eigenvalue weighted by molar-refractivity contribution is 5.72. The Morgan fingerprint density at radius 2 is 2.26 bits per heavy atom. The summed E-state index contributed by atoms with van der Waals surface area (Å²) in [5, 5.41) is 7.00. The quantitative estimate of drug-likeness (QED) is 0.754. The fourth-order valence-electron chi connectivity index (χ4n) is 3.79. The van der Waals surface area contributed by atoms with Gasteiger partial charge in [-0.15, -0.1) is 0 Å². The first-order valence-electron chi connectivity index (χ1n) is 9.87. The molecule has 1 aliphatic heterocycles. The Bertz CT molecular complexity index is 828. The SMILES string of the molecule is CC(=O)NCCCc1nc(-c2c(C)ncc3c2CCN(CC2CC2)C3)no1. The number of aromatic nitrogens is 3. The van der Waals surface area contributed by atoms with Gasteiger partial charge < -0.3 is 9.84 Å². The van der Waals surface area contributed by atoms with Crippen LogP contribution in [0.15, 0.2) is 10.7 Å². The smallest absolute Gasteiger partial charge is 0.227 e. The van der Waals surface area contributed by atoms with Crippen molar-refractivity contribution in [1.82, 2.24) is 25.3 Å². The van der Waals surface area contributed by atoms with Gasteiger partial charge in [0.2, 0.25) is 17.6 Å². The lowest BCUT2D eigenvalue weighted by atomic mass is 9.94. The maximum Gasteiger partial charge on any atom is 0.227 e. The van der Waals surface area contributed by atoms with E-state index >= 15 is 0 Å². The van der Waals surface area contributed by atoms with E-state index in [0.29, 0.717) is 24.7 Å². The van der Waals surface area contributed by atoms with E-state index in [2.05, 4.69) is 25.3 Å². The van der Waals surface area contributed by atoms with Gasteiger partial charge >= 0.3 is 0 Å². The summed E-state index contributed by atoms with van der Waals surface area (Å²) in [6.07, 6.45) is 7.23. The largest absolute Gasteiger partial charge is 0.356 e. The molecule has 1 N–H and O–H groups in total. The molecule has 7 heteroatoms. The van der Waals surface area contributed by atoms with Gasteiger partial charge in [0.1, 0.15) is 0 Å². The Morgan fingerprint density at radius 1 is 1.41 bits per heavy atom. The van der Waals surface area contributed by atoms with Crippen LogP contribution in [-0.4, -0.2) is 45.6 Å². The minimum atomic E-state index is -0.0189. The Hall–Kier alpha value is -2.28. The number of carbonyl (C=O) groups excluding carboxylic acids is 1. The topological polar surface area (TPSA) is 84.2 Å². The molecule has 0 atom stereocenters. The Balaban J connectivity index is 1.48. The first-order valence-corrected chi connectivity index (χ1v) is 9.87. The van der Waals surface area contributed by atoms with Crippen molar-refractivity contribution in [2.45, 2.75) is 52.5 Å². The molecule has 0 bridgehead atoms. The fraction of sp³-hybridized carbons (Fsp3) is 0.600. The molecule has 0 radical (unpaired) electrons. The molecule has 4 rings (SSSR count). The van der Waals surface area contributed by atoms with E-state index in [1.165, 1.54) is 37.4 Å². The highest BCUT2D eigenvalue weighted by Crippen LogP contribution is 2.34. The van der Waals surface area contributed by atoms with Crippen LogP contribution in [0.2, 0.25) is 0 Å². The summed E-state index contributed by atoms with van der Waals surface area (Å²) in [5.74, 6) is 2.14. The van der Waals surface area contributed by atoms with Gasteiger partial charge in [0.25, 0.3) is 0 Å². The molecule has 2 aromatic rings. The molecule has 0 unspecified atom stereocenters. The van der Waals surface area contributed by atoms with E-state index < -0.39 is 0 Å². The minimum absolute atomic E-state index is 0.0189. The third kappa shape index (κ3) is 4.35. The molecule has 1 fully saturated rings. The van der Waals surface area contributed by atoms with Crippen molar-refractivity contribution in [3.8, 4) is 11.4 Å². The van der Waals surface area contributed by atoms with Crippen molar-refractivity contribution in [3.05, 3.63) is 28.9 Å². The van der Waals surface area contributed by atoms with Crippen molar-refractivity contribution < 1.29 is 9.32 Å². The Labute approximate surface area is 159 Å². The predicted molar refractivity (Wildman–Crippen MR) is 101 cm³/mol. The molecule has 0 saturated heterocycles. The molecule has 2 aliphatic rings. The predicted octanol–water partition coefficient (Wildman–Crippen LogP) is 2.28. The van der Waals surface area contributed by atoms with Crippen molar-refractivity contribution in [2.75, 3.05) is 19.6 Å². The van der Waals surface area contributed by atoms with Crippen LogP contribution in [0.3, 0.4) is 0 Å². The zero-order chi connectivity index (χ0) is 18.8. The molecule has 0 aromatic carbocycles. The number of amides is 1. The number of rotatable bonds is 7. The normalized spacial score (nSPS) is 17.0. The lowest BCUT2D eigenvalue weighted by Crippen LogP contribution is -2.32. The zero-order valence-electron chi connectivity index (χ0n) is 16.1. The average molecular weight is 369 g/mol. The van der Waals surface area contributed by atoms with E-state index in [0.717, 1.165) is 43.1 Å². The van der Waals surface area contributed by atoms with E-state index in [-0.39, 0.29) is 5.91 Å². The highest BCUT2D eigenvalue weighted by atomic mass is 16.5. The summed E-state index contributed by atoms with van der Waals surface area (Å²) >= 11 is 0. The maximum atomic E-state index is 10.9. The number of aryl methyl sites for hydroxylation is 2. The number of nitrogens with zero attached hydrogens (tertiary/aromatic N) is 4. The van der Waals surface area contributed by atoms with Gasteiger partial charge in [0.05, 0.1) is 0 Å². The third-order valence-corrected chi connectivity index (χ3v) is 5.38. The van der Waals surface area contributed by atoms with Crippen molar-refractivity contribution in [2.24, 2.45) is 5.92 Å². The minimum Gasteiger partial charge on any atom is -0.356 e. The summed E-state index contributed by atoms with van der Waals surface area (Å²) in [4.78, 5) is 22.7. The summed E-state index contributed by atoms with van der Waals surface area (Å²) in [5.41, 5.74) is 4.60. The van der Waals surface area contributed by atoms with E-state index in [1.54, 1.807) is 0 Å². The molecule has 1 aliphatic carbocycles. The standard InChI is InChI=1S/C20H27N5O2/c1-13-19(20-23-18(27-24-20)4-3-8-21-14(2)26)17-7-9-25(11-15-5-6-15)12-16(17)10-22-13/h10,15H,3-9,11-12H2,1-2H3,(H,21,26). The highest BCUT2D eigenvalue weighted by Gasteiger charge is 2.28. The van der Waals surface area contributed by atoms with Gasteiger partial charge in [-0.05, 0) is 49.7 Å². The number of carbonyl (C=O) groups is 1. The Morgan fingerprint density at radius 3 is 3.04 bits per heavy atom. The van der Waals surface area contributed by atoms with Gasteiger partial charge in [-0.25, -0.2) is 0 Å². The van der Waals surface area contributed by atoms with Gasteiger partial charge in [-0.3, -0.25) is 14.7 Å². The number of hydrogen-bond donors (Lipinski definition) is 1. The molecule has 3 heterocycles. The number of pyridine rings is 1. The third-order valence-electron chi connectivity index (χ3n) is 5.38. The van der Waals surface area contributed by atoms with Crippen molar-refractivity contribution in [1.29, 1.82) is 0 Å². The molecule has 1 saturated carbocycles. The Kier molecular flexibility index (Phi) is 5.20. The summed E-state index contributed by atoms with van der Waals surface area (Å²) in [7, 11) is 0. The monoisotopic (exact) mass is 369 g/mol.